The van der Waals surface area contributed by atoms with Crippen LogP contribution < -0.4 is 4.90 Å². The lowest BCUT2D eigenvalue weighted by Crippen LogP contribution is -2.37. The van der Waals surface area contributed by atoms with E-state index in [2.05, 4.69) is 26.9 Å². The number of piperidine rings is 1. The summed E-state index contributed by atoms with van der Waals surface area (Å²) in [6, 6.07) is 7.92. The summed E-state index contributed by atoms with van der Waals surface area (Å²) in [5, 5.41) is 8.86. The molecule has 2 rings (SSSR count). The number of anilines is 1. The van der Waals surface area contributed by atoms with Gasteiger partial charge >= 0.3 is 0 Å². The first-order valence-corrected chi connectivity index (χ1v) is 7.10. The molecule has 96 valence electrons. The van der Waals surface area contributed by atoms with E-state index in [0.29, 0.717) is 11.7 Å². The number of hydrogen-bond donors (Lipinski definition) is 0. The summed E-state index contributed by atoms with van der Waals surface area (Å²) in [6.45, 7) is 4.86. The topological polar surface area (TPSA) is 36.3 Å². The van der Waals surface area contributed by atoms with Crippen molar-refractivity contribution in [3.05, 3.63) is 28.2 Å². The van der Waals surface area contributed by atoms with E-state index in [1.54, 1.807) is 0 Å². The van der Waals surface area contributed by atoms with E-state index in [0.717, 1.165) is 37.0 Å². The highest BCUT2D eigenvalue weighted by molar-refractivity contribution is 9.10. The molecule has 0 bridgehead atoms. The van der Waals surface area contributed by atoms with Gasteiger partial charge in [-0.25, -0.2) is 0 Å². The first-order valence-electron chi connectivity index (χ1n) is 6.30. The van der Waals surface area contributed by atoms with Gasteiger partial charge in [-0.1, -0.05) is 0 Å². The molecule has 1 fully saturated rings. The Morgan fingerprint density at radius 2 is 2.17 bits per heavy atom. The SMILES string of the molecule is CCOC1CCN(c2ccc(C#N)cc2Br)CC1. The normalized spacial score (nSPS) is 16.6. The Hall–Kier alpha value is -1.05. The largest absolute Gasteiger partial charge is 0.378 e. The second-order valence-corrected chi connectivity index (χ2v) is 5.27. The molecular weight excluding hydrogens is 292 g/mol. The minimum atomic E-state index is 0.406. The molecular formula is C14H17BrN2O. The lowest BCUT2D eigenvalue weighted by molar-refractivity contribution is 0.0459. The van der Waals surface area contributed by atoms with Crippen LogP contribution in [0.5, 0.6) is 0 Å². The fraction of sp³-hybridized carbons (Fsp3) is 0.500. The molecule has 18 heavy (non-hydrogen) atoms. The fourth-order valence-electron chi connectivity index (χ4n) is 2.33. The highest BCUT2D eigenvalue weighted by Gasteiger charge is 2.20. The van der Waals surface area contributed by atoms with Crippen molar-refractivity contribution in [3.63, 3.8) is 0 Å². The van der Waals surface area contributed by atoms with E-state index in [1.165, 1.54) is 5.69 Å². The van der Waals surface area contributed by atoms with Gasteiger partial charge in [-0.05, 0) is 53.9 Å². The van der Waals surface area contributed by atoms with Crippen molar-refractivity contribution in [3.8, 4) is 6.07 Å². The third-order valence-corrected chi connectivity index (χ3v) is 3.90. The quantitative estimate of drug-likeness (QED) is 0.859. The number of nitriles is 1. The molecule has 0 aromatic heterocycles. The molecule has 3 nitrogen and oxygen atoms in total. The van der Waals surface area contributed by atoms with Crippen molar-refractivity contribution in [2.45, 2.75) is 25.9 Å². The van der Waals surface area contributed by atoms with E-state index >= 15 is 0 Å². The Bertz CT molecular complexity index is 448. The maximum absolute atomic E-state index is 8.86. The van der Waals surface area contributed by atoms with Gasteiger partial charge in [0.1, 0.15) is 0 Å². The molecule has 0 N–H and O–H groups in total. The van der Waals surface area contributed by atoms with Gasteiger partial charge in [0, 0.05) is 24.2 Å². The molecule has 0 amide bonds. The van der Waals surface area contributed by atoms with Crippen LogP contribution in [-0.2, 0) is 4.74 Å². The Labute approximate surface area is 116 Å². The van der Waals surface area contributed by atoms with Gasteiger partial charge in [-0.15, -0.1) is 0 Å². The van der Waals surface area contributed by atoms with Gasteiger partial charge in [0.2, 0.25) is 0 Å². The maximum atomic E-state index is 8.86. The molecule has 1 aromatic carbocycles. The van der Waals surface area contributed by atoms with E-state index < -0.39 is 0 Å². The third kappa shape index (κ3) is 3.04. The van der Waals surface area contributed by atoms with E-state index in [9.17, 15) is 0 Å². The van der Waals surface area contributed by atoms with Crippen molar-refractivity contribution in [1.82, 2.24) is 0 Å². The highest BCUT2D eigenvalue weighted by atomic mass is 79.9. The maximum Gasteiger partial charge on any atom is 0.0992 e. The molecule has 0 saturated carbocycles. The van der Waals surface area contributed by atoms with Crippen molar-refractivity contribution in [2.24, 2.45) is 0 Å². The summed E-state index contributed by atoms with van der Waals surface area (Å²) in [7, 11) is 0. The van der Waals surface area contributed by atoms with Gasteiger partial charge in [0.15, 0.2) is 0 Å². The van der Waals surface area contributed by atoms with Crippen LogP contribution in [-0.4, -0.2) is 25.8 Å². The number of halogens is 1. The Balaban J connectivity index is 2.04. The summed E-state index contributed by atoms with van der Waals surface area (Å²) in [6.07, 6.45) is 2.55. The molecule has 1 aliphatic rings. The van der Waals surface area contributed by atoms with Gasteiger partial charge in [0.05, 0.1) is 23.4 Å². The summed E-state index contributed by atoms with van der Waals surface area (Å²) >= 11 is 3.55. The van der Waals surface area contributed by atoms with Crippen molar-refractivity contribution in [2.75, 3.05) is 24.6 Å². The molecule has 1 saturated heterocycles. The van der Waals surface area contributed by atoms with E-state index in [4.69, 9.17) is 10.00 Å². The highest BCUT2D eigenvalue weighted by Crippen LogP contribution is 2.29. The Morgan fingerprint density at radius 3 is 2.72 bits per heavy atom. The minimum Gasteiger partial charge on any atom is -0.378 e. The van der Waals surface area contributed by atoms with Gasteiger partial charge in [-0.2, -0.15) is 5.26 Å². The molecule has 1 aromatic rings. The number of benzene rings is 1. The first-order chi connectivity index (χ1) is 8.74. The van der Waals surface area contributed by atoms with Crippen molar-refractivity contribution in [1.29, 1.82) is 5.26 Å². The zero-order chi connectivity index (χ0) is 13.0. The molecule has 0 radical (unpaired) electrons. The second-order valence-electron chi connectivity index (χ2n) is 4.42. The summed E-state index contributed by atoms with van der Waals surface area (Å²) in [5.74, 6) is 0. The third-order valence-electron chi connectivity index (χ3n) is 3.26. The first kappa shape index (κ1) is 13.4. The lowest BCUT2D eigenvalue weighted by Gasteiger charge is -2.34. The molecule has 4 heteroatoms. The van der Waals surface area contributed by atoms with E-state index in [1.807, 2.05) is 25.1 Å². The van der Waals surface area contributed by atoms with Crippen molar-refractivity contribution < 1.29 is 4.74 Å². The van der Waals surface area contributed by atoms with Gasteiger partial charge < -0.3 is 9.64 Å². The molecule has 1 aliphatic heterocycles. The smallest absolute Gasteiger partial charge is 0.0992 e. The Kier molecular flexibility index (Phi) is 4.62. The van der Waals surface area contributed by atoms with Gasteiger partial charge in [0.25, 0.3) is 0 Å². The molecule has 0 unspecified atom stereocenters. The van der Waals surface area contributed by atoms with Gasteiger partial charge in [-0.3, -0.25) is 0 Å². The zero-order valence-electron chi connectivity index (χ0n) is 10.5. The number of ether oxygens (including phenoxy) is 1. The average molecular weight is 309 g/mol. The zero-order valence-corrected chi connectivity index (χ0v) is 12.1. The fourth-order valence-corrected chi connectivity index (χ4v) is 2.96. The predicted octanol–water partition coefficient (Wildman–Crippen LogP) is 3.33. The van der Waals surface area contributed by atoms with Crippen LogP contribution in [0.4, 0.5) is 5.69 Å². The number of rotatable bonds is 3. The number of hydrogen-bond acceptors (Lipinski definition) is 3. The molecule has 0 spiro atoms. The predicted molar refractivity (Wildman–Crippen MR) is 75.7 cm³/mol. The van der Waals surface area contributed by atoms with Crippen LogP contribution >= 0.6 is 15.9 Å². The molecule has 0 atom stereocenters. The van der Waals surface area contributed by atoms with Crippen LogP contribution in [0.25, 0.3) is 0 Å². The molecule has 1 heterocycles. The van der Waals surface area contributed by atoms with Crippen LogP contribution in [0.15, 0.2) is 22.7 Å². The molecule has 0 aliphatic carbocycles. The summed E-state index contributed by atoms with van der Waals surface area (Å²) in [5.41, 5.74) is 1.86. The van der Waals surface area contributed by atoms with E-state index in [-0.39, 0.29) is 0 Å². The van der Waals surface area contributed by atoms with Crippen LogP contribution in [0.2, 0.25) is 0 Å². The van der Waals surface area contributed by atoms with Crippen LogP contribution in [0.1, 0.15) is 25.3 Å². The van der Waals surface area contributed by atoms with Crippen LogP contribution in [0, 0.1) is 11.3 Å². The minimum absolute atomic E-state index is 0.406. The lowest BCUT2D eigenvalue weighted by atomic mass is 10.1. The monoisotopic (exact) mass is 308 g/mol. The van der Waals surface area contributed by atoms with Crippen LogP contribution in [0.3, 0.4) is 0 Å². The number of nitrogens with zero attached hydrogens (tertiary/aromatic N) is 2. The Morgan fingerprint density at radius 1 is 1.44 bits per heavy atom. The average Bonchev–Trinajstić information content (AvgIpc) is 2.40. The van der Waals surface area contributed by atoms with Crippen molar-refractivity contribution >= 4 is 21.6 Å². The second kappa shape index (κ2) is 6.21. The summed E-state index contributed by atoms with van der Waals surface area (Å²) in [4.78, 5) is 2.35. The standard InChI is InChI=1S/C14H17BrN2O/c1-2-18-12-5-7-17(8-6-12)14-4-3-11(10-16)9-13(14)15/h3-4,9,12H,2,5-8H2,1H3. The summed E-state index contributed by atoms with van der Waals surface area (Å²) < 4.78 is 6.65.